The molecular formula is C7H5Br2F2NO. The molecule has 0 aliphatic carbocycles. The van der Waals surface area contributed by atoms with Crippen LogP contribution in [-0.4, -0.2) is 12.1 Å². The van der Waals surface area contributed by atoms with Crippen LogP contribution in [0.25, 0.3) is 0 Å². The number of aromatic nitrogens is 1. The van der Waals surface area contributed by atoms with Gasteiger partial charge in [0.1, 0.15) is 0 Å². The van der Waals surface area contributed by atoms with Crippen molar-refractivity contribution in [1.82, 2.24) is 4.98 Å². The molecule has 1 heterocycles. The third-order valence-corrected chi connectivity index (χ3v) is 3.51. The molecule has 0 fully saturated rings. The molecule has 0 amide bonds. The maximum Gasteiger partial charge on any atom is 0.266 e. The summed E-state index contributed by atoms with van der Waals surface area (Å²) < 4.78 is 30.1. The molecule has 1 aromatic heterocycles. The Labute approximate surface area is 90.6 Å². The monoisotopic (exact) mass is 315 g/mol. The molecule has 0 radical (unpaired) electrons. The highest BCUT2D eigenvalue weighted by atomic mass is 79.9. The van der Waals surface area contributed by atoms with Gasteiger partial charge in [0.2, 0.25) is 5.88 Å². The number of ether oxygens (including phenoxy) is 1. The van der Waals surface area contributed by atoms with Gasteiger partial charge in [0.25, 0.3) is 6.43 Å². The first-order valence-corrected chi connectivity index (χ1v) is 4.82. The highest BCUT2D eigenvalue weighted by Crippen LogP contribution is 2.37. The summed E-state index contributed by atoms with van der Waals surface area (Å²) in [5.41, 5.74) is -0.160. The lowest BCUT2D eigenvalue weighted by atomic mass is 10.3. The molecule has 0 aliphatic heterocycles. The number of nitrogens with zero attached hydrogens (tertiary/aromatic N) is 1. The van der Waals surface area contributed by atoms with Crippen LogP contribution in [0.5, 0.6) is 5.88 Å². The van der Waals surface area contributed by atoms with E-state index in [4.69, 9.17) is 4.74 Å². The van der Waals surface area contributed by atoms with Gasteiger partial charge in [0.05, 0.1) is 17.1 Å². The van der Waals surface area contributed by atoms with Crippen LogP contribution < -0.4 is 4.74 Å². The highest BCUT2D eigenvalue weighted by Gasteiger charge is 2.17. The Balaban J connectivity index is 3.23. The molecule has 0 atom stereocenters. The zero-order valence-corrected chi connectivity index (χ0v) is 9.69. The first-order chi connectivity index (χ1) is 6.07. The van der Waals surface area contributed by atoms with Crippen LogP contribution in [0.3, 0.4) is 0 Å². The van der Waals surface area contributed by atoms with E-state index in [9.17, 15) is 8.78 Å². The van der Waals surface area contributed by atoms with E-state index in [0.29, 0.717) is 4.47 Å². The average Bonchev–Trinajstić information content (AvgIpc) is 2.09. The van der Waals surface area contributed by atoms with Crippen molar-refractivity contribution >= 4 is 31.9 Å². The molecule has 1 rings (SSSR count). The van der Waals surface area contributed by atoms with Gasteiger partial charge in [-0.25, -0.2) is 13.8 Å². The number of methoxy groups -OCH3 is 1. The van der Waals surface area contributed by atoms with Gasteiger partial charge in [-0.05, 0) is 31.9 Å². The molecule has 2 nitrogen and oxygen atoms in total. The van der Waals surface area contributed by atoms with Crippen molar-refractivity contribution in [2.24, 2.45) is 0 Å². The Bertz CT molecular complexity index is 320. The summed E-state index contributed by atoms with van der Waals surface area (Å²) in [6, 6.07) is 0. The lowest BCUT2D eigenvalue weighted by molar-refractivity contribution is 0.150. The quantitative estimate of drug-likeness (QED) is 0.832. The van der Waals surface area contributed by atoms with E-state index >= 15 is 0 Å². The topological polar surface area (TPSA) is 22.1 Å². The van der Waals surface area contributed by atoms with Crippen LogP contribution in [0.2, 0.25) is 0 Å². The molecule has 6 heteroatoms. The van der Waals surface area contributed by atoms with E-state index in [1.807, 2.05) is 0 Å². The highest BCUT2D eigenvalue weighted by molar-refractivity contribution is 9.13. The minimum Gasteiger partial charge on any atom is -0.480 e. The summed E-state index contributed by atoms with van der Waals surface area (Å²) in [6.45, 7) is 0. The molecule has 0 spiro atoms. The third kappa shape index (κ3) is 2.17. The predicted molar refractivity (Wildman–Crippen MR) is 51.1 cm³/mol. The van der Waals surface area contributed by atoms with Gasteiger partial charge in [0.15, 0.2) is 0 Å². The number of rotatable bonds is 2. The number of pyridine rings is 1. The zero-order chi connectivity index (χ0) is 10.0. The lowest BCUT2D eigenvalue weighted by Crippen LogP contribution is -1.94. The number of hydrogen-bond donors (Lipinski definition) is 0. The normalized spacial score (nSPS) is 10.6. The van der Waals surface area contributed by atoms with E-state index in [1.54, 1.807) is 0 Å². The Morgan fingerprint density at radius 1 is 1.38 bits per heavy atom. The van der Waals surface area contributed by atoms with Crippen LogP contribution in [-0.2, 0) is 0 Å². The second-order valence-electron chi connectivity index (χ2n) is 2.15. The second-order valence-corrected chi connectivity index (χ2v) is 3.74. The van der Waals surface area contributed by atoms with Crippen LogP contribution in [0, 0.1) is 0 Å². The molecule has 0 N–H and O–H groups in total. The van der Waals surface area contributed by atoms with Crippen molar-refractivity contribution in [3.05, 3.63) is 20.7 Å². The smallest absolute Gasteiger partial charge is 0.266 e. The fraction of sp³-hybridized carbons (Fsp3) is 0.286. The Kier molecular flexibility index (Phi) is 3.61. The van der Waals surface area contributed by atoms with Crippen molar-refractivity contribution in [2.75, 3.05) is 7.11 Å². The summed E-state index contributed by atoms with van der Waals surface area (Å²) in [5, 5.41) is 0. The summed E-state index contributed by atoms with van der Waals surface area (Å²) in [7, 11) is 1.42. The predicted octanol–water partition coefficient (Wildman–Crippen LogP) is 3.55. The van der Waals surface area contributed by atoms with Crippen molar-refractivity contribution in [3.8, 4) is 5.88 Å². The molecular weight excluding hydrogens is 312 g/mol. The van der Waals surface area contributed by atoms with Gasteiger partial charge < -0.3 is 4.74 Å². The molecule has 0 bridgehead atoms. The standard InChI is InChI=1S/C7H5Br2F2NO/c1-13-7-5(9)4(8)3(2-12-7)6(10)11/h2,6H,1H3. The summed E-state index contributed by atoms with van der Waals surface area (Å²) in [4.78, 5) is 3.70. The maximum absolute atomic E-state index is 12.3. The fourth-order valence-corrected chi connectivity index (χ4v) is 1.69. The minimum atomic E-state index is -2.55. The Hall–Kier alpha value is -0.230. The van der Waals surface area contributed by atoms with Crippen LogP contribution >= 0.6 is 31.9 Å². The SMILES string of the molecule is COc1ncc(C(F)F)c(Br)c1Br. The largest absolute Gasteiger partial charge is 0.480 e. The minimum absolute atomic E-state index is 0.160. The lowest BCUT2D eigenvalue weighted by Gasteiger charge is -2.07. The number of halogens is 4. The van der Waals surface area contributed by atoms with Crippen molar-refractivity contribution in [1.29, 1.82) is 0 Å². The van der Waals surface area contributed by atoms with Gasteiger partial charge >= 0.3 is 0 Å². The van der Waals surface area contributed by atoms with E-state index in [-0.39, 0.29) is 15.9 Å². The van der Waals surface area contributed by atoms with Crippen LogP contribution in [0.15, 0.2) is 15.1 Å². The summed E-state index contributed by atoms with van der Waals surface area (Å²) in [5.74, 6) is 0.274. The number of hydrogen-bond acceptors (Lipinski definition) is 2. The molecule has 0 aliphatic rings. The van der Waals surface area contributed by atoms with Crippen LogP contribution in [0.4, 0.5) is 8.78 Å². The molecule has 0 saturated carbocycles. The summed E-state index contributed by atoms with van der Waals surface area (Å²) in [6.07, 6.45) is -1.47. The fourth-order valence-electron chi connectivity index (χ4n) is 0.757. The van der Waals surface area contributed by atoms with Crippen molar-refractivity contribution in [3.63, 3.8) is 0 Å². The van der Waals surface area contributed by atoms with Crippen molar-refractivity contribution in [2.45, 2.75) is 6.43 Å². The average molecular weight is 317 g/mol. The molecule has 1 aromatic rings. The summed E-state index contributed by atoms with van der Waals surface area (Å²) >= 11 is 6.12. The molecule has 0 saturated heterocycles. The molecule has 13 heavy (non-hydrogen) atoms. The van der Waals surface area contributed by atoms with Gasteiger partial charge in [-0.3, -0.25) is 0 Å². The van der Waals surface area contributed by atoms with E-state index in [0.717, 1.165) is 6.20 Å². The zero-order valence-electron chi connectivity index (χ0n) is 6.52. The number of alkyl halides is 2. The molecule has 0 aromatic carbocycles. The van der Waals surface area contributed by atoms with Gasteiger partial charge in [0, 0.05) is 10.7 Å². The Morgan fingerprint density at radius 2 is 2.00 bits per heavy atom. The van der Waals surface area contributed by atoms with E-state index < -0.39 is 6.43 Å². The van der Waals surface area contributed by atoms with Crippen LogP contribution in [0.1, 0.15) is 12.0 Å². The third-order valence-electron chi connectivity index (χ3n) is 1.38. The van der Waals surface area contributed by atoms with E-state index in [1.165, 1.54) is 7.11 Å². The van der Waals surface area contributed by atoms with Gasteiger partial charge in [-0.15, -0.1) is 0 Å². The Morgan fingerprint density at radius 3 is 2.46 bits per heavy atom. The maximum atomic E-state index is 12.3. The molecule has 72 valence electrons. The van der Waals surface area contributed by atoms with E-state index in [2.05, 4.69) is 36.8 Å². The molecule has 0 unspecified atom stereocenters. The first-order valence-electron chi connectivity index (χ1n) is 3.24. The van der Waals surface area contributed by atoms with Gasteiger partial charge in [-0.2, -0.15) is 0 Å². The van der Waals surface area contributed by atoms with Gasteiger partial charge in [-0.1, -0.05) is 0 Å². The second kappa shape index (κ2) is 4.32. The first kappa shape index (κ1) is 10.8. The van der Waals surface area contributed by atoms with Crippen molar-refractivity contribution < 1.29 is 13.5 Å².